The summed E-state index contributed by atoms with van der Waals surface area (Å²) in [5.74, 6) is -0.162. The van der Waals surface area contributed by atoms with Crippen LogP contribution < -0.4 is 9.64 Å². The number of ether oxygens (including phenoxy) is 1. The molecule has 2 unspecified atom stereocenters. The minimum absolute atomic E-state index is 0.0580. The molecule has 4 fully saturated rings. The fourth-order valence-electron chi connectivity index (χ4n) is 9.28. The average Bonchev–Trinajstić information content (AvgIpc) is 3.81. The number of rotatable bonds is 7. The van der Waals surface area contributed by atoms with Crippen molar-refractivity contribution in [1.82, 2.24) is 24.8 Å². The van der Waals surface area contributed by atoms with E-state index in [9.17, 15) is 28.6 Å². The molecule has 56 heavy (non-hydrogen) atoms. The molecule has 4 atom stereocenters. The maximum Gasteiger partial charge on any atom is 0.386 e. The van der Waals surface area contributed by atoms with E-state index in [4.69, 9.17) is 16.1 Å². The molecular weight excluding hydrogens is 728 g/mol. The van der Waals surface area contributed by atoms with E-state index in [1.165, 1.54) is 54.7 Å². The first-order valence-electron chi connectivity index (χ1n) is 18.4. The Balaban J connectivity index is 1.12. The third-order valence-electron chi connectivity index (χ3n) is 11.8. The molecule has 1 amide bonds. The molecule has 15 heteroatoms. The second kappa shape index (κ2) is 13.6. The number of alkyl halides is 1. The van der Waals surface area contributed by atoms with Crippen LogP contribution in [0, 0.1) is 29.8 Å². The third kappa shape index (κ3) is 5.79. The molecule has 1 N–H and O–H groups in total. The van der Waals surface area contributed by atoms with Crippen molar-refractivity contribution in [3.05, 3.63) is 88.8 Å². The predicted molar refractivity (Wildman–Crippen MR) is 198 cm³/mol. The van der Waals surface area contributed by atoms with Crippen LogP contribution in [0.25, 0.3) is 38.5 Å². The van der Waals surface area contributed by atoms with Gasteiger partial charge in [0.05, 0.1) is 34.1 Å². The average molecular weight is 763 g/mol. The number of terminal acetylenes is 1. The number of hydrogen-bond donors (Lipinski definition) is 1. The molecule has 3 aromatic carbocycles. The summed E-state index contributed by atoms with van der Waals surface area (Å²) >= 11 is 0. The first kappa shape index (κ1) is 35.6. The number of amides is 1. The van der Waals surface area contributed by atoms with E-state index in [1.54, 1.807) is 4.90 Å². The number of hydrogen-bond acceptors (Lipinski definition) is 8. The SMILES string of the molecule is C#Cc1c(F)ccc2cc(O)cc(-c3ncc4c(N5CC6CCC(C5)N6C(=O)C(=[N+]=[N-])c5ccc(F)cc5)nc(OC[C@@]56CCCN5C[C@H](F)C6)nc4c3F)c12. The number of aromatic hydroxyl groups is 1. The van der Waals surface area contributed by atoms with Gasteiger partial charge in [-0.3, -0.25) is 14.7 Å². The minimum atomic E-state index is -0.998. The van der Waals surface area contributed by atoms with Gasteiger partial charge in [-0.05, 0) is 80.1 Å². The summed E-state index contributed by atoms with van der Waals surface area (Å²) in [6, 6.07) is 9.54. The van der Waals surface area contributed by atoms with Gasteiger partial charge in [-0.15, -0.1) is 6.42 Å². The van der Waals surface area contributed by atoms with Gasteiger partial charge in [0.25, 0.3) is 0 Å². The van der Waals surface area contributed by atoms with Gasteiger partial charge in [-0.2, -0.15) is 14.8 Å². The largest absolute Gasteiger partial charge is 0.508 e. The molecule has 9 rings (SSSR count). The smallest absolute Gasteiger partial charge is 0.386 e. The van der Waals surface area contributed by atoms with E-state index in [1.807, 2.05) is 4.90 Å². The Morgan fingerprint density at radius 3 is 2.57 bits per heavy atom. The van der Waals surface area contributed by atoms with Crippen LogP contribution in [0.1, 0.15) is 43.2 Å². The van der Waals surface area contributed by atoms with Gasteiger partial charge in [0.2, 0.25) is 0 Å². The molecule has 4 aliphatic heterocycles. The van der Waals surface area contributed by atoms with Crippen LogP contribution in [0.15, 0.2) is 54.7 Å². The van der Waals surface area contributed by atoms with E-state index in [-0.39, 0.29) is 87.9 Å². The summed E-state index contributed by atoms with van der Waals surface area (Å²) in [7, 11) is 0. The number of phenols is 1. The second-order valence-corrected chi connectivity index (χ2v) is 15.0. The maximum absolute atomic E-state index is 17.1. The van der Waals surface area contributed by atoms with Gasteiger partial charge < -0.3 is 25.2 Å². The van der Waals surface area contributed by atoms with Gasteiger partial charge in [0.1, 0.15) is 47.2 Å². The highest BCUT2D eigenvalue weighted by molar-refractivity contribution is 6.43. The first-order chi connectivity index (χ1) is 27.1. The first-order valence-corrected chi connectivity index (χ1v) is 18.4. The van der Waals surface area contributed by atoms with Crippen LogP contribution in [0.3, 0.4) is 0 Å². The van der Waals surface area contributed by atoms with Crippen LogP contribution in [-0.2, 0) is 4.79 Å². The lowest BCUT2D eigenvalue weighted by molar-refractivity contribution is -0.131. The molecule has 5 aromatic rings. The summed E-state index contributed by atoms with van der Waals surface area (Å²) in [5.41, 5.74) is 8.92. The quantitative estimate of drug-likeness (QED) is 0.0724. The number of anilines is 1. The summed E-state index contributed by atoms with van der Waals surface area (Å²) in [6.07, 6.45) is 9.27. The highest BCUT2D eigenvalue weighted by atomic mass is 19.1. The van der Waals surface area contributed by atoms with Crippen molar-refractivity contribution < 1.29 is 37.0 Å². The third-order valence-corrected chi connectivity index (χ3v) is 11.8. The van der Waals surface area contributed by atoms with Crippen molar-refractivity contribution in [1.29, 1.82) is 0 Å². The minimum Gasteiger partial charge on any atom is -0.508 e. The van der Waals surface area contributed by atoms with Crippen LogP contribution in [0.5, 0.6) is 11.8 Å². The number of pyridine rings is 1. The molecule has 284 valence electrons. The molecular formula is C41H34F4N8O3. The number of carbonyl (C=O) groups excluding carboxylic acids is 1. The fourth-order valence-corrected chi connectivity index (χ4v) is 9.28. The van der Waals surface area contributed by atoms with E-state index in [0.717, 1.165) is 19.4 Å². The lowest BCUT2D eigenvalue weighted by Gasteiger charge is -2.41. The molecule has 0 spiro atoms. The van der Waals surface area contributed by atoms with Gasteiger partial charge in [-0.1, -0.05) is 12.0 Å². The van der Waals surface area contributed by atoms with Gasteiger partial charge in [-0.25, -0.2) is 17.6 Å². The second-order valence-electron chi connectivity index (χ2n) is 15.0. The molecule has 6 heterocycles. The molecule has 11 nitrogen and oxygen atoms in total. The topological polar surface area (TPSA) is 131 Å². The zero-order valence-electron chi connectivity index (χ0n) is 29.9. The van der Waals surface area contributed by atoms with E-state index in [0.29, 0.717) is 37.0 Å². The monoisotopic (exact) mass is 762 g/mol. The Kier molecular flexibility index (Phi) is 8.63. The summed E-state index contributed by atoms with van der Waals surface area (Å²) in [4.78, 5) is 36.6. The summed E-state index contributed by atoms with van der Waals surface area (Å²) in [5, 5.41) is 11.4. The lowest BCUT2D eigenvalue weighted by atomic mass is 9.95. The maximum atomic E-state index is 17.1. The fraction of sp³-hybridized carbons (Fsp3) is 0.341. The molecule has 4 saturated heterocycles. The zero-order chi connectivity index (χ0) is 38.9. The molecule has 0 radical (unpaired) electrons. The number of halogens is 4. The number of phenolic OH excluding ortho intramolecular Hbond substituents is 1. The Labute approximate surface area is 318 Å². The number of benzene rings is 3. The number of piperazine rings is 1. The number of nitrogens with zero attached hydrogens (tertiary/aromatic N) is 8. The zero-order valence-corrected chi connectivity index (χ0v) is 29.9. The molecule has 0 saturated carbocycles. The number of fused-ring (bicyclic) bond motifs is 5. The van der Waals surface area contributed by atoms with E-state index < -0.39 is 35.1 Å². The van der Waals surface area contributed by atoms with Crippen molar-refractivity contribution in [2.45, 2.75) is 55.9 Å². The van der Waals surface area contributed by atoms with Crippen molar-refractivity contribution in [2.24, 2.45) is 0 Å². The van der Waals surface area contributed by atoms with Crippen molar-refractivity contribution in [3.63, 3.8) is 0 Å². The standard InChI is InChI=1S/C41H34F4N8O3/c1-2-29-32(44)11-6-23-14-28(54)15-30(33(23)29)36-34(45)37-31(17-47-36)38(49-40(48-37)56-21-41-12-3-13-52(41)18-25(43)16-41)51-19-26-9-10-27(20-51)53(26)39(55)35(50-46)22-4-7-24(42)8-5-22/h1,4-8,11,14-15,17,25-27,54H,3,9-10,12-13,16,18-21H2/t25-,26?,27?,41+/m1/s1. The predicted octanol–water partition coefficient (Wildman–Crippen LogP) is 5.80. The molecule has 0 aliphatic carbocycles. The Hall–Kier alpha value is -6.10. The highest BCUT2D eigenvalue weighted by Gasteiger charge is 2.50. The summed E-state index contributed by atoms with van der Waals surface area (Å²) in [6.45, 7) is 1.67. The van der Waals surface area contributed by atoms with Gasteiger partial charge in [0.15, 0.2) is 5.82 Å². The number of aromatic nitrogens is 3. The van der Waals surface area contributed by atoms with Crippen molar-refractivity contribution in [2.75, 3.05) is 37.7 Å². The van der Waals surface area contributed by atoms with Gasteiger partial charge in [0, 0.05) is 43.2 Å². The van der Waals surface area contributed by atoms with Crippen LogP contribution in [-0.4, -0.2) is 103 Å². The normalized spacial score (nSPS) is 23.0. The highest BCUT2D eigenvalue weighted by Crippen LogP contribution is 2.42. The van der Waals surface area contributed by atoms with Crippen LogP contribution in [0.4, 0.5) is 23.4 Å². The van der Waals surface area contributed by atoms with Gasteiger partial charge >= 0.3 is 17.6 Å². The van der Waals surface area contributed by atoms with E-state index >= 15 is 4.39 Å². The number of carbonyl (C=O) groups is 1. The van der Waals surface area contributed by atoms with Crippen molar-refractivity contribution >= 4 is 39.1 Å². The van der Waals surface area contributed by atoms with Crippen LogP contribution in [0.2, 0.25) is 0 Å². The molecule has 2 bridgehead atoms. The molecule has 4 aliphatic rings. The summed E-state index contributed by atoms with van der Waals surface area (Å²) < 4.78 is 66.6. The van der Waals surface area contributed by atoms with Crippen molar-refractivity contribution in [3.8, 4) is 35.4 Å². The lowest BCUT2D eigenvalue weighted by Crippen LogP contribution is -2.57. The Bertz CT molecular complexity index is 2530. The van der Waals surface area contributed by atoms with Crippen LogP contribution >= 0.6 is 0 Å². The van der Waals surface area contributed by atoms with E-state index in [2.05, 4.69) is 25.6 Å². The Morgan fingerprint density at radius 1 is 1.07 bits per heavy atom. The Morgan fingerprint density at radius 2 is 1.84 bits per heavy atom. The molecule has 2 aromatic heterocycles.